The van der Waals surface area contributed by atoms with Gasteiger partial charge < -0.3 is 0 Å². The number of rotatable bonds is 4. The van der Waals surface area contributed by atoms with Crippen molar-refractivity contribution in [2.24, 2.45) is 0 Å². The normalized spacial score (nSPS) is 11.2. The molecule has 3 nitrogen and oxygen atoms in total. The van der Waals surface area contributed by atoms with Crippen molar-refractivity contribution in [1.29, 1.82) is 0 Å². The molecule has 2 aromatic heterocycles. The van der Waals surface area contributed by atoms with E-state index in [-0.39, 0.29) is 0 Å². The van der Waals surface area contributed by atoms with E-state index in [2.05, 4.69) is 21.9 Å². The Balaban J connectivity index is 1.94. The van der Waals surface area contributed by atoms with Crippen LogP contribution >= 0.6 is 34.3 Å². The zero-order valence-corrected chi connectivity index (χ0v) is 11.5. The lowest BCUT2D eigenvalue weighted by atomic mass is 10.3. The Morgan fingerprint density at radius 1 is 1.38 bits per heavy atom. The van der Waals surface area contributed by atoms with Crippen molar-refractivity contribution in [3.8, 4) is 0 Å². The SMILES string of the molecule is Cc1ncsc1CN(C)Cc1cnc(Cl)s1. The Kier molecular flexibility index (Phi) is 3.91. The average Bonchev–Trinajstić information content (AvgIpc) is 2.77. The molecule has 6 heteroatoms. The summed E-state index contributed by atoms with van der Waals surface area (Å²) >= 11 is 9.03. The number of nitrogens with zero attached hydrogens (tertiary/aromatic N) is 3. The minimum Gasteiger partial charge on any atom is -0.296 e. The molecule has 16 heavy (non-hydrogen) atoms. The fraction of sp³-hybridized carbons (Fsp3) is 0.400. The third-order valence-electron chi connectivity index (χ3n) is 2.21. The molecule has 0 aliphatic rings. The third kappa shape index (κ3) is 3.01. The van der Waals surface area contributed by atoms with Crippen molar-refractivity contribution in [2.45, 2.75) is 20.0 Å². The topological polar surface area (TPSA) is 29.0 Å². The lowest BCUT2D eigenvalue weighted by molar-refractivity contribution is 0.324. The molecule has 2 heterocycles. The first-order valence-electron chi connectivity index (χ1n) is 4.83. The van der Waals surface area contributed by atoms with Crippen molar-refractivity contribution in [2.75, 3.05) is 7.05 Å². The molecule has 0 radical (unpaired) electrons. The van der Waals surface area contributed by atoms with Crippen LogP contribution in [-0.4, -0.2) is 21.9 Å². The fourth-order valence-electron chi connectivity index (χ4n) is 1.40. The molecule has 0 spiro atoms. The Morgan fingerprint density at radius 3 is 2.75 bits per heavy atom. The maximum absolute atomic E-state index is 5.79. The monoisotopic (exact) mass is 273 g/mol. The maximum atomic E-state index is 5.79. The molecular weight excluding hydrogens is 262 g/mol. The molecule has 0 saturated heterocycles. The summed E-state index contributed by atoms with van der Waals surface area (Å²) in [5.74, 6) is 0. The molecule has 0 aliphatic carbocycles. The number of halogens is 1. The van der Waals surface area contributed by atoms with Crippen LogP contribution in [0.3, 0.4) is 0 Å². The minimum absolute atomic E-state index is 0.609. The summed E-state index contributed by atoms with van der Waals surface area (Å²) < 4.78 is 0.609. The van der Waals surface area contributed by atoms with Crippen LogP contribution in [0.4, 0.5) is 0 Å². The van der Waals surface area contributed by atoms with Crippen molar-refractivity contribution in [1.82, 2.24) is 14.9 Å². The fourth-order valence-corrected chi connectivity index (χ4v) is 3.32. The van der Waals surface area contributed by atoms with Gasteiger partial charge in [0.05, 0.1) is 11.2 Å². The summed E-state index contributed by atoms with van der Waals surface area (Å²) in [7, 11) is 2.09. The first kappa shape index (κ1) is 12.0. The summed E-state index contributed by atoms with van der Waals surface area (Å²) in [6, 6.07) is 0. The van der Waals surface area contributed by atoms with E-state index in [9.17, 15) is 0 Å². The first-order valence-corrected chi connectivity index (χ1v) is 6.90. The standard InChI is InChI=1S/C10H12ClN3S2/c1-7-9(15-6-13-7)5-14(2)4-8-3-12-10(11)16-8/h3,6H,4-5H2,1-2H3. The van der Waals surface area contributed by atoms with Crippen LogP contribution in [0.2, 0.25) is 4.47 Å². The second-order valence-corrected chi connectivity index (χ2v) is 6.25. The van der Waals surface area contributed by atoms with Gasteiger partial charge in [-0.25, -0.2) is 9.97 Å². The van der Waals surface area contributed by atoms with Crippen LogP contribution in [-0.2, 0) is 13.1 Å². The van der Waals surface area contributed by atoms with Crippen LogP contribution in [0, 0.1) is 6.92 Å². The van der Waals surface area contributed by atoms with Gasteiger partial charge in [-0.1, -0.05) is 11.6 Å². The predicted molar refractivity (Wildman–Crippen MR) is 69.1 cm³/mol. The van der Waals surface area contributed by atoms with Gasteiger partial charge in [0.15, 0.2) is 4.47 Å². The van der Waals surface area contributed by atoms with Gasteiger partial charge in [-0.3, -0.25) is 4.90 Å². The number of aryl methyl sites for hydroxylation is 1. The third-order valence-corrected chi connectivity index (χ3v) is 4.23. The second kappa shape index (κ2) is 5.23. The van der Waals surface area contributed by atoms with Crippen molar-refractivity contribution in [3.63, 3.8) is 0 Å². The number of hydrogen-bond acceptors (Lipinski definition) is 5. The molecule has 0 atom stereocenters. The highest BCUT2D eigenvalue weighted by Gasteiger charge is 2.08. The van der Waals surface area contributed by atoms with E-state index in [0.717, 1.165) is 18.8 Å². The quantitative estimate of drug-likeness (QED) is 0.857. The van der Waals surface area contributed by atoms with Gasteiger partial charge in [0.2, 0.25) is 0 Å². The van der Waals surface area contributed by atoms with E-state index in [0.29, 0.717) is 4.47 Å². The molecule has 0 fully saturated rings. The van der Waals surface area contributed by atoms with Gasteiger partial charge >= 0.3 is 0 Å². The van der Waals surface area contributed by atoms with Crippen LogP contribution in [0.5, 0.6) is 0 Å². The summed E-state index contributed by atoms with van der Waals surface area (Å²) in [4.78, 5) is 13.0. The van der Waals surface area contributed by atoms with E-state index >= 15 is 0 Å². The Labute approximate surface area is 108 Å². The van der Waals surface area contributed by atoms with Gasteiger partial charge in [-0.05, 0) is 14.0 Å². The zero-order chi connectivity index (χ0) is 11.5. The van der Waals surface area contributed by atoms with Crippen molar-refractivity contribution < 1.29 is 0 Å². The van der Waals surface area contributed by atoms with Gasteiger partial charge in [0.25, 0.3) is 0 Å². The molecule has 0 aliphatic heterocycles. The van der Waals surface area contributed by atoms with E-state index in [1.807, 2.05) is 18.6 Å². The van der Waals surface area contributed by atoms with Gasteiger partial charge in [0, 0.05) is 29.0 Å². The van der Waals surface area contributed by atoms with Gasteiger partial charge in [0.1, 0.15) is 0 Å². The molecule has 0 unspecified atom stereocenters. The summed E-state index contributed by atoms with van der Waals surface area (Å²) in [6.45, 7) is 3.84. The molecule has 2 rings (SSSR count). The van der Waals surface area contributed by atoms with Crippen LogP contribution in [0.1, 0.15) is 15.4 Å². The highest BCUT2D eigenvalue weighted by atomic mass is 35.5. The number of aromatic nitrogens is 2. The lowest BCUT2D eigenvalue weighted by Gasteiger charge is -2.14. The molecule has 86 valence electrons. The Hall–Kier alpha value is -0.490. The number of thiazole rings is 2. The molecular formula is C10H12ClN3S2. The van der Waals surface area contributed by atoms with E-state index in [1.165, 1.54) is 21.1 Å². The maximum Gasteiger partial charge on any atom is 0.183 e. The molecule has 0 bridgehead atoms. The molecule has 0 amide bonds. The van der Waals surface area contributed by atoms with Crippen LogP contribution in [0.25, 0.3) is 0 Å². The minimum atomic E-state index is 0.609. The Morgan fingerprint density at radius 2 is 2.19 bits per heavy atom. The summed E-state index contributed by atoms with van der Waals surface area (Å²) in [6.07, 6.45) is 1.84. The number of hydrogen-bond donors (Lipinski definition) is 0. The van der Waals surface area contributed by atoms with E-state index in [4.69, 9.17) is 11.6 Å². The molecule has 0 aromatic carbocycles. The highest BCUT2D eigenvalue weighted by molar-refractivity contribution is 7.15. The zero-order valence-electron chi connectivity index (χ0n) is 9.11. The smallest absolute Gasteiger partial charge is 0.183 e. The largest absolute Gasteiger partial charge is 0.296 e. The van der Waals surface area contributed by atoms with Crippen LogP contribution in [0.15, 0.2) is 11.7 Å². The summed E-state index contributed by atoms with van der Waals surface area (Å²) in [5.41, 5.74) is 3.02. The van der Waals surface area contributed by atoms with Crippen molar-refractivity contribution in [3.05, 3.63) is 31.6 Å². The van der Waals surface area contributed by atoms with E-state index < -0.39 is 0 Å². The van der Waals surface area contributed by atoms with Crippen LogP contribution < -0.4 is 0 Å². The van der Waals surface area contributed by atoms with E-state index in [1.54, 1.807) is 11.3 Å². The lowest BCUT2D eigenvalue weighted by Crippen LogP contribution is -2.16. The molecule has 2 aromatic rings. The highest BCUT2D eigenvalue weighted by Crippen LogP contribution is 2.20. The summed E-state index contributed by atoms with van der Waals surface area (Å²) in [5, 5.41) is 0. The van der Waals surface area contributed by atoms with Gasteiger partial charge in [-0.2, -0.15) is 0 Å². The molecule has 0 saturated carbocycles. The average molecular weight is 274 g/mol. The Bertz CT molecular complexity index is 466. The second-order valence-electron chi connectivity index (χ2n) is 3.61. The van der Waals surface area contributed by atoms with Gasteiger partial charge in [-0.15, -0.1) is 22.7 Å². The first-order chi connectivity index (χ1) is 7.65. The molecule has 0 N–H and O–H groups in total. The predicted octanol–water partition coefficient (Wildman–Crippen LogP) is 3.19. The van der Waals surface area contributed by atoms with Crippen molar-refractivity contribution >= 4 is 34.3 Å².